The van der Waals surface area contributed by atoms with Gasteiger partial charge in [-0.3, -0.25) is 9.78 Å². The van der Waals surface area contributed by atoms with Gasteiger partial charge in [-0.2, -0.15) is 5.10 Å². The molecule has 0 fully saturated rings. The highest BCUT2D eigenvalue weighted by Crippen LogP contribution is 2.20. The molecule has 0 aliphatic carbocycles. The van der Waals surface area contributed by atoms with Gasteiger partial charge in [0.25, 0.3) is 0 Å². The highest BCUT2D eigenvalue weighted by Gasteiger charge is 2.13. The Morgan fingerprint density at radius 1 is 1.11 bits per heavy atom. The molecule has 0 saturated heterocycles. The monoisotopic (exact) mass is 378 g/mol. The molecule has 2 aromatic heterocycles. The molecule has 7 heteroatoms. The molecule has 0 aliphatic heterocycles. The Morgan fingerprint density at radius 3 is 2.71 bits per heavy atom. The molecule has 0 radical (unpaired) electrons. The molecule has 1 amide bonds. The van der Waals surface area contributed by atoms with Gasteiger partial charge in [0.1, 0.15) is 0 Å². The molecule has 1 N–H and O–H groups in total. The number of para-hydroxylation sites is 2. The molecule has 3 aromatic rings. The third-order valence-electron chi connectivity index (χ3n) is 4.06. The van der Waals surface area contributed by atoms with E-state index in [9.17, 15) is 9.59 Å². The smallest absolute Gasteiger partial charge is 0.358 e. The van der Waals surface area contributed by atoms with E-state index < -0.39 is 5.97 Å². The number of esters is 1. The molecule has 0 atom stereocenters. The third kappa shape index (κ3) is 5.03. The van der Waals surface area contributed by atoms with Crippen LogP contribution in [0.5, 0.6) is 0 Å². The van der Waals surface area contributed by atoms with Crippen molar-refractivity contribution in [1.82, 2.24) is 14.8 Å². The predicted molar refractivity (Wildman–Crippen MR) is 105 cm³/mol. The number of amides is 1. The average molecular weight is 378 g/mol. The number of carbonyl (C=O) groups excluding carboxylic acids is 2. The number of hydrogen-bond donors (Lipinski definition) is 1. The summed E-state index contributed by atoms with van der Waals surface area (Å²) in [4.78, 5) is 28.4. The van der Waals surface area contributed by atoms with Crippen molar-refractivity contribution in [2.24, 2.45) is 0 Å². The largest absolute Gasteiger partial charge is 0.461 e. The molecule has 7 nitrogen and oxygen atoms in total. The number of ether oxygens (including phenoxy) is 1. The molecule has 0 spiro atoms. The number of rotatable bonds is 8. The van der Waals surface area contributed by atoms with Gasteiger partial charge < -0.3 is 10.1 Å². The lowest BCUT2D eigenvalue weighted by atomic mass is 10.1. The maximum atomic E-state index is 12.3. The van der Waals surface area contributed by atoms with E-state index in [-0.39, 0.29) is 18.2 Å². The minimum absolute atomic E-state index is 0.0823. The van der Waals surface area contributed by atoms with Crippen molar-refractivity contribution in [3.63, 3.8) is 0 Å². The van der Waals surface area contributed by atoms with Gasteiger partial charge in [0.2, 0.25) is 5.91 Å². The zero-order valence-corrected chi connectivity index (χ0v) is 15.7. The standard InChI is InChI=1S/C21H22N4O3/c1-2-28-21(27)18-13-15-25(24-18)19-11-4-3-10-17(19)23-20(26)12-7-9-16-8-5-6-14-22-16/h3-6,8,10-11,13-15H,2,7,9,12H2,1H3,(H,23,26). The Bertz CT molecular complexity index is 938. The summed E-state index contributed by atoms with van der Waals surface area (Å²) in [6, 6.07) is 14.7. The molecule has 28 heavy (non-hydrogen) atoms. The van der Waals surface area contributed by atoms with Crippen LogP contribution in [-0.4, -0.2) is 33.2 Å². The summed E-state index contributed by atoms with van der Waals surface area (Å²) in [6.07, 6.45) is 5.26. The Hall–Kier alpha value is -3.48. The van der Waals surface area contributed by atoms with E-state index in [2.05, 4.69) is 15.4 Å². The van der Waals surface area contributed by atoms with Crippen LogP contribution in [0.3, 0.4) is 0 Å². The second kappa shape index (κ2) is 9.45. The lowest BCUT2D eigenvalue weighted by Gasteiger charge is -2.11. The fraction of sp³-hybridized carbons (Fsp3) is 0.238. The molecule has 0 unspecified atom stereocenters. The summed E-state index contributed by atoms with van der Waals surface area (Å²) >= 11 is 0. The summed E-state index contributed by atoms with van der Waals surface area (Å²) in [6.45, 7) is 2.03. The van der Waals surface area contributed by atoms with E-state index >= 15 is 0 Å². The number of anilines is 1. The molecular weight excluding hydrogens is 356 g/mol. The zero-order valence-electron chi connectivity index (χ0n) is 15.7. The van der Waals surface area contributed by atoms with Gasteiger partial charge in [0.15, 0.2) is 5.69 Å². The van der Waals surface area contributed by atoms with Crippen molar-refractivity contribution in [3.05, 3.63) is 72.3 Å². The van der Waals surface area contributed by atoms with E-state index in [0.717, 1.165) is 12.1 Å². The number of nitrogens with one attached hydrogen (secondary N) is 1. The minimum Gasteiger partial charge on any atom is -0.461 e. The molecule has 1 aromatic carbocycles. The number of benzene rings is 1. The Labute approximate surface area is 163 Å². The van der Waals surface area contributed by atoms with E-state index in [4.69, 9.17) is 4.74 Å². The number of hydrogen-bond acceptors (Lipinski definition) is 5. The summed E-state index contributed by atoms with van der Waals surface area (Å²) in [5.74, 6) is -0.557. The fourth-order valence-electron chi connectivity index (χ4n) is 2.74. The van der Waals surface area contributed by atoms with Crippen LogP contribution in [0.4, 0.5) is 5.69 Å². The SMILES string of the molecule is CCOC(=O)c1ccn(-c2ccccc2NC(=O)CCCc2ccccn2)n1. The first-order chi connectivity index (χ1) is 13.7. The van der Waals surface area contributed by atoms with Crippen LogP contribution in [-0.2, 0) is 16.0 Å². The number of aromatic nitrogens is 3. The average Bonchev–Trinajstić information content (AvgIpc) is 3.20. The third-order valence-corrected chi connectivity index (χ3v) is 4.06. The van der Waals surface area contributed by atoms with Crippen LogP contribution in [0.25, 0.3) is 5.69 Å². The normalized spacial score (nSPS) is 10.5. The number of nitrogens with zero attached hydrogens (tertiary/aromatic N) is 3. The summed E-state index contributed by atoms with van der Waals surface area (Å²) in [5.41, 5.74) is 2.50. The number of aryl methyl sites for hydroxylation is 1. The highest BCUT2D eigenvalue weighted by molar-refractivity contribution is 5.93. The van der Waals surface area contributed by atoms with Crippen molar-refractivity contribution in [3.8, 4) is 5.69 Å². The van der Waals surface area contributed by atoms with Gasteiger partial charge in [0.05, 0.1) is 18.0 Å². The quantitative estimate of drug-likeness (QED) is 0.607. The Balaban J connectivity index is 1.63. The summed E-state index contributed by atoms with van der Waals surface area (Å²) in [7, 11) is 0. The van der Waals surface area contributed by atoms with E-state index in [1.165, 1.54) is 0 Å². The van der Waals surface area contributed by atoms with Crippen molar-refractivity contribution in [2.45, 2.75) is 26.2 Å². The van der Waals surface area contributed by atoms with Gasteiger partial charge in [-0.15, -0.1) is 0 Å². The maximum Gasteiger partial charge on any atom is 0.358 e. The second-order valence-corrected chi connectivity index (χ2v) is 6.11. The first-order valence-corrected chi connectivity index (χ1v) is 9.19. The molecule has 2 heterocycles. The van der Waals surface area contributed by atoms with Crippen molar-refractivity contribution in [2.75, 3.05) is 11.9 Å². The molecule has 0 bridgehead atoms. The molecule has 144 valence electrons. The Morgan fingerprint density at radius 2 is 1.93 bits per heavy atom. The van der Waals surface area contributed by atoms with Crippen LogP contribution in [0.1, 0.15) is 35.9 Å². The number of pyridine rings is 1. The van der Waals surface area contributed by atoms with Crippen LogP contribution in [0, 0.1) is 0 Å². The minimum atomic E-state index is -0.475. The zero-order chi connectivity index (χ0) is 19.8. The summed E-state index contributed by atoms with van der Waals surface area (Å²) < 4.78 is 6.51. The first kappa shape index (κ1) is 19.3. The second-order valence-electron chi connectivity index (χ2n) is 6.11. The van der Waals surface area contributed by atoms with Gasteiger partial charge in [-0.05, 0) is 50.1 Å². The molecule has 3 rings (SSSR count). The molecular formula is C21H22N4O3. The molecule has 0 saturated carbocycles. The lowest BCUT2D eigenvalue weighted by Crippen LogP contribution is -2.14. The van der Waals surface area contributed by atoms with Crippen molar-refractivity contribution in [1.29, 1.82) is 0 Å². The lowest BCUT2D eigenvalue weighted by molar-refractivity contribution is -0.116. The van der Waals surface area contributed by atoms with Gasteiger partial charge in [0, 0.05) is 24.5 Å². The highest BCUT2D eigenvalue weighted by atomic mass is 16.5. The predicted octanol–water partition coefficient (Wildman–Crippen LogP) is 3.41. The van der Waals surface area contributed by atoms with E-state index in [1.807, 2.05) is 36.4 Å². The number of carbonyl (C=O) groups is 2. The van der Waals surface area contributed by atoms with Crippen LogP contribution in [0.15, 0.2) is 60.9 Å². The van der Waals surface area contributed by atoms with Gasteiger partial charge in [-0.1, -0.05) is 18.2 Å². The summed E-state index contributed by atoms with van der Waals surface area (Å²) in [5, 5.41) is 7.17. The van der Waals surface area contributed by atoms with Crippen LogP contribution < -0.4 is 5.32 Å². The fourth-order valence-corrected chi connectivity index (χ4v) is 2.74. The topological polar surface area (TPSA) is 86.1 Å². The van der Waals surface area contributed by atoms with Crippen molar-refractivity contribution >= 4 is 17.6 Å². The van der Waals surface area contributed by atoms with Gasteiger partial charge in [-0.25, -0.2) is 9.48 Å². The van der Waals surface area contributed by atoms with Crippen molar-refractivity contribution < 1.29 is 14.3 Å². The van der Waals surface area contributed by atoms with E-state index in [1.54, 1.807) is 36.1 Å². The van der Waals surface area contributed by atoms with Crippen LogP contribution in [0.2, 0.25) is 0 Å². The van der Waals surface area contributed by atoms with E-state index in [0.29, 0.717) is 24.2 Å². The first-order valence-electron chi connectivity index (χ1n) is 9.19. The molecule has 0 aliphatic rings. The Kier molecular flexibility index (Phi) is 6.51. The van der Waals surface area contributed by atoms with Crippen LogP contribution >= 0.6 is 0 Å². The van der Waals surface area contributed by atoms with Gasteiger partial charge >= 0.3 is 5.97 Å². The maximum absolute atomic E-state index is 12.3.